The molecule has 7 nitrogen and oxygen atoms in total. The number of anilines is 2. The monoisotopic (exact) mass is 287 g/mol. The minimum absolute atomic E-state index is 0.00354. The second-order valence-electron chi connectivity index (χ2n) is 4.56. The molecule has 2 rings (SSSR count). The van der Waals surface area contributed by atoms with Crippen LogP contribution < -0.4 is 5.32 Å². The van der Waals surface area contributed by atoms with Crippen molar-refractivity contribution in [3.63, 3.8) is 0 Å². The topological polar surface area (TPSA) is 105 Å². The average Bonchev–Trinajstić information content (AvgIpc) is 2.40. The molecule has 108 valence electrons. The highest BCUT2D eigenvalue weighted by Gasteiger charge is 2.14. The van der Waals surface area contributed by atoms with Crippen LogP contribution >= 0.6 is 0 Å². The van der Waals surface area contributed by atoms with Crippen LogP contribution in [0.5, 0.6) is 0 Å². The zero-order valence-corrected chi connectivity index (χ0v) is 11.5. The van der Waals surface area contributed by atoms with Crippen LogP contribution in [0.15, 0.2) is 30.5 Å². The van der Waals surface area contributed by atoms with E-state index in [2.05, 4.69) is 10.3 Å². The van der Waals surface area contributed by atoms with Gasteiger partial charge in [-0.15, -0.1) is 0 Å². The molecule has 7 heteroatoms. The molecule has 0 amide bonds. The molecule has 0 atom stereocenters. The second kappa shape index (κ2) is 5.58. The molecule has 2 N–H and O–H groups in total. The number of nitrogens with zero attached hydrogens (tertiary/aromatic N) is 2. The first-order valence-corrected chi connectivity index (χ1v) is 6.10. The van der Waals surface area contributed by atoms with E-state index in [1.807, 2.05) is 0 Å². The van der Waals surface area contributed by atoms with Crippen molar-refractivity contribution in [2.45, 2.75) is 13.8 Å². The number of hydrogen-bond acceptors (Lipinski definition) is 5. The summed E-state index contributed by atoms with van der Waals surface area (Å²) in [4.78, 5) is 25.6. The number of nitro benzene ring substituents is 1. The number of nitro groups is 1. The van der Waals surface area contributed by atoms with E-state index < -0.39 is 10.9 Å². The number of nitrogens with one attached hydrogen (secondary N) is 1. The van der Waals surface area contributed by atoms with Crippen molar-refractivity contribution in [3.8, 4) is 0 Å². The van der Waals surface area contributed by atoms with Crippen LogP contribution in [0.4, 0.5) is 17.1 Å². The van der Waals surface area contributed by atoms with Crippen molar-refractivity contribution >= 4 is 23.0 Å². The Labute approximate surface area is 120 Å². The van der Waals surface area contributed by atoms with Gasteiger partial charge < -0.3 is 10.4 Å². The summed E-state index contributed by atoms with van der Waals surface area (Å²) in [6, 6.07) is 6.21. The molecule has 0 saturated heterocycles. The summed E-state index contributed by atoms with van der Waals surface area (Å²) >= 11 is 0. The molecule has 0 aliphatic carbocycles. The largest absolute Gasteiger partial charge is 0.478 e. The lowest BCUT2D eigenvalue weighted by Crippen LogP contribution is -2.04. The predicted octanol–water partition coefficient (Wildman–Crippen LogP) is 3.05. The van der Waals surface area contributed by atoms with Crippen molar-refractivity contribution in [2.75, 3.05) is 5.32 Å². The number of pyridine rings is 1. The summed E-state index contributed by atoms with van der Waals surface area (Å²) in [6.45, 7) is 3.37. The van der Waals surface area contributed by atoms with Crippen LogP contribution in [-0.2, 0) is 0 Å². The van der Waals surface area contributed by atoms with Crippen LogP contribution in [0.3, 0.4) is 0 Å². The highest BCUT2D eigenvalue weighted by Crippen LogP contribution is 2.26. The Hall–Kier alpha value is -2.96. The van der Waals surface area contributed by atoms with Gasteiger partial charge in [0.1, 0.15) is 5.56 Å². The molecule has 0 aliphatic heterocycles. The number of rotatable bonds is 4. The van der Waals surface area contributed by atoms with Crippen LogP contribution in [0.2, 0.25) is 0 Å². The summed E-state index contributed by atoms with van der Waals surface area (Å²) in [5.41, 5.74) is 1.94. The van der Waals surface area contributed by atoms with Gasteiger partial charge in [-0.25, -0.2) is 4.79 Å². The maximum atomic E-state index is 11.2. The Balaban J connectivity index is 2.43. The average molecular weight is 287 g/mol. The number of aromatic carboxylic acids is 1. The van der Waals surface area contributed by atoms with Crippen LogP contribution in [0, 0.1) is 24.0 Å². The Bertz CT molecular complexity index is 728. The van der Waals surface area contributed by atoms with Gasteiger partial charge in [0.25, 0.3) is 5.69 Å². The molecule has 1 heterocycles. The van der Waals surface area contributed by atoms with Gasteiger partial charge in [-0.3, -0.25) is 15.1 Å². The number of carbonyl (C=O) groups is 1. The van der Waals surface area contributed by atoms with Gasteiger partial charge in [0.2, 0.25) is 0 Å². The first-order chi connectivity index (χ1) is 9.88. The van der Waals surface area contributed by atoms with Crippen molar-refractivity contribution in [2.24, 2.45) is 0 Å². The fourth-order valence-electron chi connectivity index (χ4n) is 1.87. The number of carboxylic acids is 1. The number of aryl methyl sites for hydroxylation is 2. The molecular formula is C14H13N3O4. The van der Waals surface area contributed by atoms with E-state index >= 15 is 0 Å². The Morgan fingerprint density at radius 2 is 2.05 bits per heavy atom. The number of benzene rings is 1. The fourth-order valence-corrected chi connectivity index (χ4v) is 1.87. The van der Waals surface area contributed by atoms with E-state index in [0.29, 0.717) is 22.6 Å². The molecule has 0 bridgehead atoms. The van der Waals surface area contributed by atoms with E-state index in [-0.39, 0.29) is 11.3 Å². The maximum absolute atomic E-state index is 11.2. The van der Waals surface area contributed by atoms with E-state index in [1.54, 1.807) is 32.0 Å². The molecule has 0 spiro atoms. The van der Waals surface area contributed by atoms with Gasteiger partial charge in [-0.1, -0.05) is 6.07 Å². The fraction of sp³-hybridized carbons (Fsp3) is 0.143. The van der Waals surface area contributed by atoms with Crippen molar-refractivity contribution in [1.29, 1.82) is 0 Å². The number of carboxylic acid groups (broad SMARTS) is 1. The number of aromatic nitrogens is 1. The smallest absolute Gasteiger partial charge is 0.339 e. The van der Waals surface area contributed by atoms with Gasteiger partial charge in [0, 0.05) is 29.2 Å². The van der Waals surface area contributed by atoms with Gasteiger partial charge in [-0.05, 0) is 26.0 Å². The molecule has 0 saturated carbocycles. The molecule has 0 unspecified atom stereocenters. The first kappa shape index (κ1) is 14.4. The summed E-state index contributed by atoms with van der Waals surface area (Å²) in [7, 11) is 0. The van der Waals surface area contributed by atoms with Gasteiger partial charge in [-0.2, -0.15) is 0 Å². The molecule has 2 aromatic rings. The third-order valence-corrected chi connectivity index (χ3v) is 2.96. The zero-order chi connectivity index (χ0) is 15.6. The summed E-state index contributed by atoms with van der Waals surface area (Å²) in [5.74, 6) is -1.12. The molecule has 0 radical (unpaired) electrons. The van der Waals surface area contributed by atoms with Crippen LogP contribution in [0.25, 0.3) is 0 Å². The molecule has 21 heavy (non-hydrogen) atoms. The van der Waals surface area contributed by atoms with Crippen molar-refractivity contribution in [3.05, 3.63) is 57.4 Å². The highest BCUT2D eigenvalue weighted by molar-refractivity contribution is 5.94. The summed E-state index contributed by atoms with van der Waals surface area (Å²) < 4.78 is 0. The molecule has 1 aromatic heterocycles. The Kier molecular flexibility index (Phi) is 3.84. The van der Waals surface area contributed by atoms with E-state index in [1.165, 1.54) is 12.3 Å². The third kappa shape index (κ3) is 3.14. The van der Waals surface area contributed by atoms with Crippen LogP contribution in [0.1, 0.15) is 21.6 Å². The van der Waals surface area contributed by atoms with E-state index in [0.717, 1.165) is 0 Å². The predicted molar refractivity (Wildman–Crippen MR) is 77.0 cm³/mol. The zero-order valence-electron chi connectivity index (χ0n) is 11.5. The lowest BCUT2D eigenvalue weighted by molar-refractivity contribution is -0.385. The lowest BCUT2D eigenvalue weighted by Gasteiger charge is -2.10. The highest BCUT2D eigenvalue weighted by atomic mass is 16.6. The minimum Gasteiger partial charge on any atom is -0.478 e. The second-order valence-corrected chi connectivity index (χ2v) is 4.56. The third-order valence-electron chi connectivity index (χ3n) is 2.96. The quantitative estimate of drug-likeness (QED) is 0.661. The van der Waals surface area contributed by atoms with Crippen molar-refractivity contribution in [1.82, 2.24) is 4.98 Å². The normalized spacial score (nSPS) is 10.2. The standard InChI is InChI=1S/C14H13N3O4/c1-8-3-4-10(6-13(8)17(20)21)16-12-5-9(2)15-7-11(12)14(18)19/h3-7H,1-2H3,(H,15,16)(H,18,19). The van der Waals surface area contributed by atoms with E-state index in [4.69, 9.17) is 5.11 Å². The van der Waals surface area contributed by atoms with Gasteiger partial charge in [0.15, 0.2) is 0 Å². The maximum Gasteiger partial charge on any atom is 0.339 e. The molecule has 0 fully saturated rings. The first-order valence-electron chi connectivity index (χ1n) is 6.10. The Morgan fingerprint density at radius 3 is 2.67 bits per heavy atom. The summed E-state index contributed by atoms with van der Waals surface area (Å²) in [5, 5.41) is 23.0. The van der Waals surface area contributed by atoms with Crippen LogP contribution in [-0.4, -0.2) is 21.0 Å². The van der Waals surface area contributed by atoms with E-state index in [9.17, 15) is 14.9 Å². The summed E-state index contributed by atoms with van der Waals surface area (Å²) in [6.07, 6.45) is 1.25. The molecular weight excluding hydrogens is 274 g/mol. The lowest BCUT2D eigenvalue weighted by atomic mass is 10.1. The van der Waals surface area contributed by atoms with Gasteiger partial charge >= 0.3 is 5.97 Å². The van der Waals surface area contributed by atoms with Gasteiger partial charge in [0.05, 0.1) is 10.6 Å². The SMILES string of the molecule is Cc1cc(Nc2ccc(C)c([N+](=O)[O-])c2)c(C(=O)O)cn1. The number of hydrogen-bond donors (Lipinski definition) is 2. The van der Waals surface area contributed by atoms with Crippen molar-refractivity contribution < 1.29 is 14.8 Å². The minimum atomic E-state index is -1.12. The Morgan fingerprint density at radius 1 is 1.33 bits per heavy atom. The molecule has 0 aliphatic rings. The molecule has 1 aromatic carbocycles.